The Bertz CT molecular complexity index is 1010. The van der Waals surface area contributed by atoms with Crippen LogP contribution in [0.2, 0.25) is 5.02 Å². The Morgan fingerprint density at radius 2 is 1.93 bits per heavy atom. The van der Waals surface area contributed by atoms with Crippen molar-refractivity contribution in [2.24, 2.45) is 0 Å². The smallest absolute Gasteiger partial charge is 0.263 e. The number of carbonyl (C=O) groups is 1. The second-order valence-corrected chi connectivity index (χ2v) is 7.67. The van der Waals surface area contributed by atoms with Gasteiger partial charge in [0.2, 0.25) is 0 Å². The number of thiazole rings is 1. The van der Waals surface area contributed by atoms with E-state index in [-0.39, 0.29) is 11.9 Å². The molecule has 0 fully saturated rings. The first-order chi connectivity index (χ1) is 13.9. The van der Waals surface area contributed by atoms with Crippen LogP contribution < -0.4 is 20.1 Å². The van der Waals surface area contributed by atoms with E-state index in [0.717, 1.165) is 5.56 Å². The Morgan fingerprint density at radius 3 is 2.59 bits per heavy atom. The zero-order valence-electron chi connectivity index (χ0n) is 16.4. The molecule has 2 aromatic heterocycles. The third kappa shape index (κ3) is 4.96. The molecule has 9 heteroatoms. The maximum absolute atomic E-state index is 12.8. The first-order valence-corrected chi connectivity index (χ1v) is 9.99. The van der Waals surface area contributed by atoms with Gasteiger partial charge in [0.05, 0.1) is 31.0 Å². The summed E-state index contributed by atoms with van der Waals surface area (Å²) < 4.78 is 10.6. The molecule has 152 valence electrons. The Balaban J connectivity index is 1.72. The van der Waals surface area contributed by atoms with E-state index >= 15 is 0 Å². The Hall–Kier alpha value is -2.84. The molecule has 1 amide bonds. The van der Waals surface area contributed by atoms with Gasteiger partial charge in [-0.25, -0.2) is 9.97 Å². The predicted octanol–water partition coefficient (Wildman–Crippen LogP) is 4.75. The third-order valence-corrected chi connectivity index (χ3v) is 5.52. The molecule has 0 saturated carbocycles. The van der Waals surface area contributed by atoms with E-state index in [2.05, 4.69) is 20.6 Å². The van der Waals surface area contributed by atoms with Crippen LogP contribution in [0.4, 0.5) is 10.9 Å². The lowest BCUT2D eigenvalue weighted by Gasteiger charge is -2.16. The van der Waals surface area contributed by atoms with E-state index in [1.54, 1.807) is 39.5 Å². The van der Waals surface area contributed by atoms with Crippen molar-refractivity contribution >= 4 is 39.8 Å². The van der Waals surface area contributed by atoms with E-state index in [9.17, 15) is 4.79 Å². The van der Waals surface area contributed by atoms with Crippen molar-refractivity contribution in [2.75, 3.05) is 19.5 Å². The molecule has 0 aliphatic rings. The fourth-order valence-electron chi connectivity index (χ4n) is 2.69. The molecule has 0 radical (unpaired) electrons. The van der Waals surface area contributed by atoms with Crippen molar-refractivity contribution < 1.29 is 14.3 Å². The van der Waals surface area contributed by atoms with Crippen LogP contribution in [0.15, 0.2) is 36.5 Å². The highest BCUT2D eigenvalue weighted by Crippen LogP contribution is 2.31. The number of aromatic nitrogens is 2. The summed E-state index contributed by atoms with van der Waals surface area (Å²) in [5, 5.41) is 7.22. The summed E-state index contributed by atoms with van der Waals surface area (Å²) in [6, 6.07) is 8.81. The summed E-state index contributed by atoms with van der Waals surface area (Å²) in [6.45, 7) is 3.71. The molecule has 0 saturated heterocycles. The molecule has 29 heavy (non-hydrogen) atoms. The fourth-order valence-corrected chi connectivity index (χ4v) is 3.68. The molecule has 0 aliphatic carbocycles. The van der Waals surface area contributed by atoms with E-state index in [1.165, 1.54) is 11.3 Å². The first kappa shape index (κ1) is 20.9. The molecule has 0 aliphatic heterocycles. The largest absolute Gasteiger partial charge is 0.493 e. The standard InChI is InChI=1S/C20H21ClN4O3S/c1-11(13-5-7-15(27-3)16(9-13)28-4)23-19(26)18-12(2)24-20(29-18)25-17-8-6-14(21)10-22-17/h5-11H,1-4H3,(H,23,26)(H,22,24,25)/t11-/m1/s1. The number of amides is 1. The molecule has 1 atom stereocenters. The average molecular weight is 433 g/mol. The van der Waals surface area contributed by atoms with Gasteiger partial charge >= 0.3 is 0 Å². The van der Waals surface area contributed by atoms with Gasteiger partial charge in [-0.2, -0.15) is 0 Å². The average Bonchev–Trinajstić information content (AvgIpc) is 3.09. The summed E-state index contributed by atoms with van der Waals surface area (Å²) in [7, 11) is 3.16. The number of benzene rings is 1. The Labute approximate surface area is 178 Å². The lowest BCUT2D eigenvalue weighted by Crippen LogP contribution is -2.26. The Morgan fingerprint density at radius 1 is 1.17 bits per heavy atom. The predicted molar refractivity (Wildman–Crippen MR) is 115 cm³/mol. The van der Waals surface area contributed by atoms with Crippen LogP contribution in [-0.2, 0) is 0 Å². The van der Waals surface area contributed by atoms with Crippen molar-refractivity contribution in [1.29, 1.82) is 0 Å². The normalized spacial score (nSPS) is 11.6. The lowest BCUT2D eigenvalue weighted by atomic mass is 10.1. The fraction of sp³-hybridized carbons (Fsp3) is 0.250. The summed E-state index contributed by atoms with van der Waals surface area (Å²) in [6.07, 6.45) is 1.54. The van der Waals surface area contributed by atoms with Crippen molar-refractivity contribution in [2.45, 2.75) is 19.9 Å². The monoisotopic (exact) mass is 432 g/mol. The minimum absolute atomic E-state index is 0.195. The summed E-state index contributed by atoms with van der Waals surface area (Å²) in [5.41, 5.74) is 1.55. The molecule has 3 rings (SSSR count). The lowest BCUT2D eigenvalue weighted by molar-refractivity contribution is 0.0943. The van der Waals surface area contributed by atoms with Gasteiger partial charge in [0, 0.05) is 6.20 Å². The van der Waals surface area contributed by atoms with E-state index in [0.29, 0.717) is 38.0 Å². The maximum atomic E-state index is 12.8. The number of hydrogen-bond acceptors (Lipinski definition) is 7. The van der Waals surface area contributed by atoms with Crippen LogP contribution in [0.25, 0.3) is 0 Å². The maximum Gasteiger partial charge on any atom is 0.263 e. The Kier molecular flexibility index (Phi) is 6.56. The minimum Gasteiger partial charge on any atom is -0.493 e. The number of nitrogens with one attached hydrogen (secondary N) is 2. The van der Waals surface area contributed by atoms with E-state index in [1.807, 2.05) is 25.1 Å². The van der Waals surface area contributed by atoms with Crippen molar-refractivity contribution in [1.82, 2.24) is 15.3 Å². The summed E-state index contributed by atoms with van der Waals surface area (Å²) in [5.74, 6) is 1.66. The first-order valence-electron chi connectivity index (χ1n) is 8.80. The highest BCUT2D eigenvalue weighted by molar-refractivity contribution is 7.17. The van der Waals surface area contributed by atoms with Gasteiger partial charge < -0.3 is 20.1 Å². The van der Waals surface area contributed by atoms with Crippen LogP contribution >= 0.6 is 22.9 Å². The molecular formula is C20H21ClN4O3S. The van der Waals surface area contributed by atoms with Gasteiger partial charge in [-0.3, -0.25) is 4.79 Å². The van der Waals surface area contributed by atoms with E-state index < -0.39 is 0 Å². The number of aryl methyl sites for hydroxylation is 1. The highest BCUT2D eigenvalue weighted by Gasteiger charge is 2.19. The minimum atomic E-state index is -0.224. The number of rotatable bonds is 7. The number of pyridine rings is 1. The molecule has 0 unspecified atom stereocenters. The molecule has 7 nitrogen and oxygen atoms in total. The van der Waals surface area contributed by atoms with Crippen LogP contribution in [0.1, 0.15) is 33.9 Å². The number of methoxy groups -OCH3 is 2. The van der Waals surface area contributed by atoms with Gasteiger partial charge in [-0.15, -0.1) is 0 Å². The highest BCUT2D eigenvalue weighted by atomic mass is 35.5. The molecular weight excluding hydrogens is 412 g/mol. The number of nitrogens with zero attached hydrogens (tertiary/aromatic N) is 2. The number of hydrogen-bond donors (Lipinski definition) is 2. The third-order valence-electron chi connectivity index (χ3n) is 4.22. The van der Waals surface area contributed by atoms with Crippen LogP contribution in [0.5, 0.6) is 11.5 Å². The second-order valence-electron chi connectivity index (χ2n) is 6.23. The molecule has 1 aromatic carbocycles. The van der Waals surface area contributed by atoms with Gasteiger partial charge in [-0.1, -0.05) is 29.0 Å². The molecule has 0 bridgehead atoms. The molecule has 0 spiro atoms. The van der Waals surface area contributed by atoms with Crippen LogP contribution in [0, 0.1) is 6.92 Å². The number of halogens is 1. The van der Waals surface area contributed by atoms with Gasteiger partial charge in [0.25, 0.3) is 5.91 Å². The molecule has 2 heterocycles. The SMILES string of the molecule is COc1ccc([C@@H](C)NC(=O)c2sc(Nc3ccc(Cl)cn3)nc2C)cc1OC. The van der Waals surface area contributed by atoms with Gasteiger partial charge in [0.15, 0.2) is 16.6 Å². The zero-order chi connectivity index (χ0) is 21.0. The van der Waals surface area contributed by atoms with Gasteiger partial charge in [0.1, 0.15) is 10.7 Å². The van der Waals surface area contributed by atoms with Crippen molar-refractivity contribution in [3.8, 4) is 11.5 Å². The number of ether oxygens (including phenoxy) is 2. The zero-order valence-corrected chi connectivity index (χ0v) is 18.0. The topological polar surface area (TPSA) is 85.4 Å². The quantitative estimate of drug-likeness (QED) is 0.560. The number of carbonyl (C=O) groups excluding carboxylic acids is 1. The van der Waals surface area contributed by atoms with Crippen LogP contribution in [-0.4, -0.2) is 30.1 Å². The summed E-state index contributed by atoms with van der Waals surface area (Å²) in [4.78, 5) is 21.9. The van der Waals surface area contributed by atoms with Gasteiger partial charge in [-0.05, 0) is 43.7 Å². The van der Waals surface area contributed by atoms with Crippen molar-refractivity contribution in [3.63, 3.8) is 0 Å². The second kappa shape index (κ2) is 9.11. The van der Waals surface area contributed by atoms with Crippen LogP contribution in [0.3, 0.4) is 0 Å². The molecule has 2 N–H and O–H groups in total. The van der Waals surface area contributed by atoms with Crippen molar-refractivity contribution in [3.05, 3.63) is 57.7 Å². The molecule has 3 aromatic rings. The summed E-state index contributed by atoms with van der Waals surface area (Å²) >= 11 is 7.11. The number of anilines is 2. The van der Waals surface area contributed by atoms with E-state index in [4.69, 9.17) is 21.1 Å².